The molecule has 0 amide bonds. The van der Waals surface area contributed by atoms with E-state index in [4.69, 9.17) is 0 Å². The molecule has 2 N–H and O–H groups in total. The van der Waals surface area contributed by atoms with Crippen LogP contribution in [0.3, 0.4) is 0 Å². The van der Waals surface area contributed by atoms with E-state index in [-0.39, 0.29) is 0 Å². The zero-order chi connectivity index (χ0) is 9.52. The molecule has 74 valence electrons. The zero-order valence-corrected chi connectivity index (χ0v) is 9.16. The number of aromatic amines is 1. The number of hydrogen-bond acceptors (Lipinski definition) is 2. The third kappa shape index (κ3) is 4.39. The summed E-state index contributed by atoms with van der Waals surface area (Å²) in [5.41, 5.74) is 1.26. The van der Waals surface area contributed by atoms with E-state index < -0.39 is 0 Å². The fourth-order valence-corrected chi connectivity index (χ4v) is 1.75. The SMILES string of the molecule is CSCCC(C)NCc1ccc[nH]1. The smallest absolute Gasteiger partial charge is 0.0359 e. The second-order valence-electron chi connectivity index (χ2n) is 3.26. The second kappa shape index (κ2) is 6.11. The maximum Gasteiger partial charge on any atom is 0.0359 e. The van der Waals surface area contributed by atoms with Gasteiger partial charge in [-0.25, -0.2) is 0 Å². The first-order valence-corrected chi connectivity index (χ1v) is 6.07. The first-order chi connectivity index (χ1) is 6.33. The summed E-state index contributed by atoms with van der Waals surface area (Å²) in [5, 5.41) is 3.48. The van der Waals surface area contributed by atoms with Crippen LogP contribution in [0.4, 0.5) is 0 Å². The summed E-state index contributed by atoms with van der Waals surface area (Å²) in [4.78, 5) is 3.18. The molecule has 1 unspecified atom stereocenters. The van der Waals surface area contributed by atoms with Gasteiger partial charge in [0, 0.05) is 24.5 Å². The Hall–Kier alpha value is -0.410. The number of aromatic nitrogens is 1. The summed E-state index contributed by atoms with van der Waals surface area (Å²) in [6.45, 7) is 3.18. The van der Waals surface area contributed by atoms with Gasteiger partial charge in [0.05, 0.1) is 0 Å². The van der Waals surface area contributed by atoms with Gasteiger partial charge in [0.1, 0.15) is 0 Å². The van der Waals surface area contributed by atoms with Gasteiger partial charge in [-0.05, 0) is 37.5 Å². The van der Waals surface area contributed by atoms with E-state index in [1.165, 1.54) is 17.9 Å². The monoisotopic (exact) mass is 198 g/mol. The van der Waals surface area contributed by atoms with Crippen molar-refractivity contribution in [2.24, 2.45) is 0 Å². The number of rotatable bonds is 6. The van der Waals surface area contributed by atoms with Crippen molar-refractivity contribution in [2.45, 2.75) is 25.9 Å². The second-order valence-corrected chi connectivity index (χ2v) is 4.24. The molecule has 0 saturated carbocycles. The Labute approximate surface area is 84.5 Å². The Morgan fingerprint density at radius 2 is 2.46 bits per heavy atom. The van der Waals surface area contributed by atoms with Crippen LogP contribution >= 0.6 is 11.8 Å². The van der Waals surface area contributed by atoms with Crippen molar-refractivity contribution in [1.82, 2.24) is 10.3 Å². The predicted molar refractivity (Wildman–Crippen MR) is 60.1 cm³/mol. The highest BCUT2D eigenvalue weighted by Crippen LogP contribution is 2.01. The van der Waals surface area contributed by atoms with Crippen LogP contribution in [0.15, 0.2) is 18.3 Å². The lowest BCUT2D eigenvalue weighted by Crippen LogP contribution is -2.26. The Balaban J connectivity index is 2.11. The molecule has 0 fully saturated rings. The Morgan fingerprint density at radius 3 is 3.08 bits per heavy atom. The first kappa shape index (κ1) is 10.7. The fourth-order valence-electron chi connectivity index (χ4n) is 1.16. The number of thioether (sulfide) groups is 1. The van der Waals surface area contributed by atoms with Gasteiger partial charge in [0.15, 0.2) is 0 Å². The van der Waals surface area contributed by atoms with Gasteiger partial charge in [0.2, 0.25) is 0 Å². The molecule has 1 atom stereocenters. The van der Waals surface area contributed by atoms with Crippen molar-refractivity contribution >= 4 is 11.8 Å². The highest BCUT2D eigenvalue weighted by molar-refractivity contribution is 7.98. The highest BCUT2D eigenvalue weighted by atomic mass is 32.2. The largest absolute Gasteiger partial charge is 0.364 e. The molecule has 3 heteroatoms. The molecule has 0 aromatic carbocycles. The molecule has 0 aliphatic heterocycles. The third-order valence-electron chi connectivity index (χ3n) is 2.06. The van der Waals surface area contributed by atoms with Crippen LogP contribution in [-0.2, 0) is 6.54 Å². The van der Waals surface area contributed by atoms with Gasteiger partial charge in [-0.1, -0.05) is 0 Å². The maximum absolute atomic E-state index is 3.48. The van der Waals surface area contributed by atoms with Crippen LogP contribution in [-0.4, -0.2) is 23.0 Å². The number of nitrogens with one attached hydrogen (secondary N) is 2. The molecule has 1 heterocycles. The minimum absolute atomic E-state index is 0.607. The summed E-state index contributed by atoms with van der Waals surface area (Å²) >= 11 is 1.91. The predicted octanol–water partition coefficient (Wildman–Crippen LogP) is 2.25. The lowest BCUT2D eigenvalue weighted by atomic mass is 10.2. The van der Waals surface area contributed by atoms with E-state index in [1.807, 2.05) is 24.0 Å². The van der Waals surface area contributed by atoms with Gasteiger partial charge in [-0.15, -0.1) is 0 Å². The van der Waals surface area contributed by atoms with Crippen LogP contribution in [0.1, 0.15) is 19.0 Å². The molecule has 0 aliphatic rings. The van der Waals surface area contributed by atoms with Gasteiger partial charge >= 0.3 is 0 Å². The van der Waals surface area contributed by atoms with Crippen molar-refractivity contribution in [3.8, 4) is 0 Å². The molecule has 1 rings (SSSR count). The average Bonchev–Trinajstić information content (AvgIpc) is 2.64. The Bertz CT molecular complexity index is 209. The van der Waals surface area contributed by atoms with Crippen LogP contribution in [0.2, 0.25) is 0 Å². The van der Waals surface area contributed by atoms with Crippen LogP contribution in [0.5, 0.6) is 0 Å². The van der Waals surface area contributed by atoms with Crippen molar-refractivity contribution in [2.75, 3.05) is 12.0 Å². The lowest BCUT2D eigenvalue weighted by Gasteiger charge is -2.11. The molecule has 13 heavy (non-hydrogen) atoms. The summed E-state index contributed by atoms with van der Waals surface area (Å²) in [7, 11) is 0. The Kier molecular flexibility index (Phi) is 5.01. The van der Waals surface area contributed by atoms with Gasteiger partial charge in [-0.3, -0.25) is 0 Å². The minimum Gasteiger partial charge on any atom is -0.364 e. The topological polar surface area (TPSA) is 27.8 Å². The summed E-state index contributed by atoms with van der Waals surface area (Å²) in [5.74, 6) is 1.24. The van der Waals surface area contributed by atoms with E-state index in [9.17, 15) is 0 Å². The average molecular weight is 198 g/mol. The molecule has 1 aromatic heterocycles. The quantitative estimate of drug-likeness (QED) is 0.733. The maximum atomic E-state index is 3.48. The van der Waals surface area contributed by atoms with Gasteiger partial charge in [-0.2, -0.15) is 11.8 Å². The van der Waals surface area contributed by atoms with Gasteiger partial charge in [0.25, 0.3) is 0 Å². The van der Waals surface area contributed by atoms with Crippen LogP contribution in [0, 0.1) is 0 Å². The van der Waals surface area contributed by atoms with E-state index in [2.05, 4.69) is 29.5 Å². The third-order valence-corrected chi connectivity index (χ3v) is 2.70. The van der Waals surface area contributed by atoms with E-state index in [0.717, 1.165) is 6.54 Å². The van der Waals surface area contributed by atoms with Gasteiger partial charge < -0.3 is 10.3 Å². The molecule has 2 nitrogen and oxygen atoms in total. The zero-order valence-electron chi connectivity index (χ0n) is 8.34. The molecule has 0 saturated heterocycles. The lowest BCUT2D eigenvalue weighted by molar-refractivity contribution is 0.533. The van der Waals surface area contributed by atoms with Crippen molar-refractivity contribution < 1.29 is 0 Å². The fraction of sp³-hybridized carbons (Fsp3) is 0.600. The van der Waals surface area contributed by atoms with Crippen molar-refractivity contribution in [3.05, 3.63) is 24.0 Å². The van der Waals surface area contributed by atoms with Crippen molar-refractivity contribution in [1.29, 1.82) is 0 Å². The minimum atomic E-state index is 0.607. The molecule has 0 spiro atoms. The van der Waals surface area contributed by atoms with E-state index >= 15 is 0 Å². The molecule has 0 bridgehead atoms. The molecular weight excluding hydrogens is 180 g/mol. The summed E-state index contributed by atoms with van der Waals surface area (Å²) in [6.07, 6.45) is 5.35. The summed E-state index contributed by atoms with van der Waals surface area (Å²) < 4.78 is 0. The van der Waals surface area contributed by atoms with Crippen LogP contribution < -0.4 is 5.32 Å². The van der Waals surface area contributed by atoms with Crippen LogP contribution in [0.25, 0.3) is 0 Å². The Morgan fingerprint density at radius 1 is 1.62 bits per heavy atom. The molecular formula is C10H18N2S. The van der Waals surface area contributed by atoms with Crippen molar-refractivity contribution in [3.63, 3.8) is 0 Å². The van der Waals surface area contributed by atoms with E-state index in [0.29, 0.717) is 6.04 Å². The number of H-pyrrole nitrogens is 1. The van der Waals surface area contributed by atoms with E-state index in [1.54, 1.807) is 0 Å². The molecule has 0 aliphatic carbocycles. The standard InChI is InChI=1S/C10H18N2S/c1-9(5-7-13-2)12-8-10-4-3-6-11-10/h3-4,6,9,11-12H,5,7-8H2,1-2H3. The first-order valence-electron chi connectivity index (χ1n) is 4.67. The molecule has 0 radical (unpaired) electrons. The molecule has 1 aromatic rings. The number of hydrogen-bond donors (Lipinski definition) is 2. The highest BCUT2D eigenvalue weighted by Gasteiger charge is 2.00. The normalized spacial score (nSPS) is 13.1. The summed E-state index contributed by atoms with van der Waals surface area (Å²) in [6, 6.07) is 4.74.